The summed E-state index contributed by atoms with van der Waals surface area (Å²) in [5.41, 5.74) is -2.40. The number of halogens is 3. The molecule has 0 bridgehead atoms. The van der Waals surface area contributed by atoms with Crippen LogP contribution in [-0.2, 0) is 17.5 Å². The molecule has 0 heterocycles. The third kappa shape index (κ3) is 4.86. The smallest absolute Gasteiger partial charge is 0.417 e. The molecule has 192 valence electrons. The first-order valence-corrected chi connectivity index (χ1v) is 11.0. The number of rotatable bonds is 7. The summed E-state index contributed by atoms with van der Waals surface area (Å²) in [6.07, 6.45) is -5.21. The van der Waals surface area contributed by atoms with E-state index in [1.54, 1.807) is 6.07 Å². The van der Waals surface area contributed by atoms with Gasteiger partial charge < -0.3 is 14.8 Å². The molecule has 11 heteroatoms. The second-order valence-corrected chi connectivity index (χ2v) is 9.86. The number of carbonyl (C=O) groups is 1. The molecule has 0 unspecified atom stereocenters. The highest BCUT2D eigenvalue weighted by atomic mass is 19.4. The number of alkyl halides is 3. The SMILES string of the molecule is COC(=O)c1ccc([N+](=O)[O-])c(CNC2C(C)(C)C(Oc3ccc(C#N)c(C(F)(F)F)c3)C2(C)C)c1. The van der Waals surface area contributed by atoms with E-state index < -0.39 is 45.1 Å². The van der Waals surface area contributed by atoms with Crippen LogP contribution >= 0.6 is 0 Å². The van der Waals surface area contributed by atoms with Gasteiger partial charge in [0.05, 0.1) is 34.8 Å². The Morgan fingerprint density at radius 3 is 2.33 bits per heavy atom. The highest BCUT2D eigenvalue weighted by molar-refractivity contribution is 5.89. The van der Waals surface area contributed by atoms with Crippen molar-refractivity contribution in [1.29, 1.82) is 5.26 Å². The summed E-state index contributed by atoms with van der Waals surface area (Å²) in [4.78, 5) is 22.8. The molecule has 0 aliphatic heterocycles. The maximum atomic E-state index is 13.4. The van der Waals surface area contributed by atoms with Gasteiger partial charge in [-0.05, 0) is 30.3 Å². The molecule has 1 N–H and O–H groups in total. The van der Waals surface area contributed by atoms with Gasteiger partial charge in [0, 0.05) is 35.0 Å². The van der Waals surface area contributed by atoms with Crippen molar-refractivity contribution in [1.82, 2.24) is 5.32 Å². The van der Waals surface area contributed by atoms with Crippen LogP contribution in [0.25, 0.3) is 0 Å². The molecule has 1 aliphatic carbocycles. The fourth-order valence-electron chi connectivity index (χ4n) is 5.38. The zero-order valence-corrected chi connectivity index (χ0v) is 20.4. The topological polar surface area (TPSA) is 114 Å². The number of nitro groups is 1. The lowest BCUT2D eigenvalue weighted by Crippen LogP contribution is -2.74. The zero-order chi connectivity index (χ0) is 27.1. The fraction of sp³-hybridized carbons (Fsp3) is 0.440. The summed E-state index contributed by atoms with van der Waals surface area (Å²) < 4.78 is 50.8. The van der Waals surface area contributed by atoms with Crippen LogP contribution in [-0.4, -0.2) is 30.1 Å². The van der Waals surface area contributed by atoms with Gasteiger partial charge in [-0.2, -0.15) is 18.4 Å². The van der Waals surface area contributed by atoms with Gasteiger partial charge in [0.1, 0.15) is 11.9 Å². The Morgan fingerprint density at radius 1 is 1.17 bits per heavy atom. The summed E-state index contributed by atoms with van der Waals surface area (Å²) in [6.45, 7) is 7.60. The van der Waals surface area contributed by atoms with E-state index in [9.17, 15) is 28.1 Å². The van der Waals surface area contributed by atoms with Gasteiger partial charge >= 0.3 is 12.1 Å². The maximum absolute atomic E-state index is 13.4. The van der Waals surface area contributed by atoms with E-state index in [0.29, 0.717) is 5.56 Å². The van der Waals surface area contributed by atoms with Crippen LogP contribution in [0.1, 0.15) is 54.7 Å². The van der Waals surface area contributed by atoms with E-state index in [-0.39, 0.29) is 29.6 Å². The molecule has 1 fully saturated rings. The zero-order valence-electron chi connectivity index (χ0n) is 20.4. The Kier molecular flexibility index (Phi) is 7.06. The molecule has 0 saturated heterocycles. The van der Waals surface area contributed by atoms with Crippen LogP contribution in [0.15, 0.2) is 36.4 Å². The van der Waals surface area contributed by atoms with Gasteiger partial charge in [-0.25, -0.2) is 4.79 Å². The average Bonchev–Trinajstić information content (AvgIpc) is 2.80. The van der Waals surface area contributed by atoms with E-state index in [1.807, 2.05) is 27.7 Å². The lowest BCUT2D eigenvalue weighted by atomic mass is 9.49. The van der Waals surface area contributed by atoms with Crippen LogP contribution in [0.3, 0.4) is 0 Å². The number of methoxy groups -OCH3 is 1. The Labute approximate surface area is 206 Å². The molecule has 2 aromatic carbocycles. The van der Waals surface area contributed by atoms with E-state index in [4.69, 9.17) is 14.7 Å². The highest BCUT2D eigenvalue weighted by Crippen LogP contribution is 2.55. The first-order chi connectivity index (χ1) is 16.6. The summed E-state index contributed by atoms with van der Waals surface area (Å²) >= 11 is 0. The van der Waals surface area contributed by atoms with Crippen LogP contribution in [0.4, 0.5) is 18.9 Å². The second kappa shape index (κ2) is 9.43. The number of ether oxygens (including phenoxy) is 2. The van der Waals surface area contributed by atoms with E-state index in [0.717, 1.165) is 12.1 Å². The molecular formula is C25H26F3N3O5. The molecule has 3 rings (SSSR count). The van der Waals surface area contributed by atoms with Crippen LogP contribution in [0, 0.1) is 32.3 Å². The lowest BCUT2D eigenvalue weighted by Gasteiger charge is -2.63. The van der Waals surface area contributed by atoms with Crippen molar-refractivity contribution in [3.8, 4) is 11.8 Å². The third-order valence-electron chi connectivity index (χ3n) is 6.70. The standard InChI is InChI=1S/C25H26F3N3O5/c1-23(2)21(30-13-16-10-14(20(32)35-5)7-9-19(16)31(33)34)24(3,4)22(23)36-17-8-6-15(12-29)18(11-17)25(26,27)28/h6-11,21-22,30H,13H2,1-5H3. The molecule has 2 aromatic rings. The quantitative estimate of drug-likeness (QED) is 0.311. The predicted molar refractivity (Wildman–Crippen MR) is 123 cm³/mol. The summed E-state index contributed by atoms with van der Waals surface area (Å²) in [5, 5.41) is 23.8. The van der Waals surface area contributed by atoms with E-state index in [1.165, 1.54) is 31.4 Å². The summed E-state index contributed by atoms with van der Waals surface area (Å²) in [7, 11) is 1.22. The lowest BCUT2D eigenvalue weighted by molar-refractivity contribution is -0.385. The minimum Gasteiger partial charge on any atom is -0.489 e. The monoisotopic (exact) mass is 505 g/mol. The molecule has 0 aromatic heterocycles. The molecule has 0 spiro atoms. The second-order valence-electron chi connectivity index (χ2n) is 9.86. The summed E-state index contributed by atoms with van der Waals surface area (Å²) in [5.74, 6) is -0.628. The predicted octanol–water partition coefficient (Wildman–Crippen LogP) is 5.24. The molecule has 0 amide bonds. The molecular weight excluding hydrogens is 479 g/mol. The van der Waals surface area contributed by atoms with Gasteiger partial charge in [0.2, 0.25) is 0 Å². The first kappa shape index (κ1) is 26.9. The van der Waals surface area contributed by atoms with Crippen molar-refractivity contribution < 1.29 is 32.4 Å². The van der Waals surface area contributed by atoms with Crippen molar-refractivity contribution in [3.63, 3.8) is 0 Å². The van der Waals surface area contributed by atoms with Gasteiger partial charge in [0.25, 0.3) is 5.69 Å². The van der Waals surface area contributed by atoms with Crippen LogP contribution in [0.5, 0.6) is 5.75 Å². The largest absolute Gasteiger partial charge is 0.489 e. The summed E-state index contributed by atoms with van der Waals surface area (Å²) in [6, 6.07) is 8.52. The maximum Gasteiger partial charge on any atom is 0.417 e. The Bertz CT molecular complexity index is 1220. The number of nitrogens with zero attached hydrogens (tertiary/aromatic N) is 2. The molecule has 0 atom stereocenters. The molecule has 1 aliphatic rings. The van der Waals surface area contributed by atoms with Crippen LogP contribution in [0.2, 0.25) is 0 Å². The van der Waals surface area contributed by atoms with E-state index in [2.05, 4.69) is 5.32 Å². The van der Waals surface area contributed by atoms with E-state index >= 15 is 0 Å². The number of hydrogen-bond donors (Lipinski definition) is 1. The van der Waals surface area contributed by atoms with Gasteiger partial charge in [0.15, 0.2) is 0 Å². The molecule has 36 heavy (non-hydrogen) atoms. The number of nitriles is 1. The van der Waals surface area contributed by atoms with Crippen LogP contribution < -0.4 is 10.1 Å². The number of benzene rings is 2. The number of hydrogen-bond acceptors (Lipinski definition) is 7. The Balaban J connectivity index is 1.83. The third-order valence-corrected chi connectivity index (χ3v) is 6.70. The molecule has 1 saturated carbocycles. The minimum absolute atomic E-state index is 0.00709. The van der Waals surface area contributed by atoms with Gasteiger partial charge in [-0.3, -0.25) is 10.1 Å². The first-order valence-electron chi connectivity index (χ1n) is 11.0. The number of carbonyl (C=O) groups excluding carboxylic acids is 1. The fourth-order valence-corrected chi connectivity index (χ4v) is 5.38. The van der Waals surface area contributed by atoms with Crippen molar-refractivity contribution in [2.75, 3.05) is 7.11 Å². The normalized spacial score (nSPS) is 20.1. The van der Waals surface area contributed by atoms with Gasteiger partial charge in [-0.15, -0.1) is 0 Å². The Morgan fingerprint density at radius 2 is 1.81 bits per heavy atom. The average molecular weight is 505 g/mol. The van der Waals surface area contributed by atoms with Gasteiger partial charge in [-0.1, -0.05) is 27.7 Å². The Hall–Kier alpha value is -3.65. The van der Waals surface area contributed by atoms with Crippen molar-refractivity contribution in [2.24, 2.45) is 10.8 Å². The minimum atomic E-state index is -4.70. The molecule has 8 nitrogen and oxygen atoms in total. The van der Waals surface area contributed by atoms with Crippen molar-refractivity contribution in [3.05, 3.63) is 68.8 Å². The number of esters is 1. The van der Waals surface area contributed by atoms with Crippen molar-refractivity contribution >= 4 is 11.7 Å². The number of nitrogens with one attached hydrogen (secondary N) is 1. The highest BCUT2D eigenvalue weighted by Gasteiger charge is 2.63. The molecule has 0 radical (unpaired) electrons. The number of nitro benzene ring substituents is 1. The van der Waals surface area contributed by atoms with Crippen molar-refractivity contribution in [2.45, 2.75) is 52.6 Å².